The first-order chi connectivity index (χ1) is 14.3. The first kappa shape index (κ1) is 25.0. The molecule has 0 aromatic rings. The molecule has 0 heteroatoms. The van der Waals surface area contributed by atoms with E-state index in [2.05, 4.69) is 65.2 Å². The van der Waals surface area contributed by atoms with Crippen molar-refractivity contribution in [1.82, 2.24) is 0 Å². The van der Waals surface area contributed by atoms with Crippen LogP contribution in [0.5, 0.6) is 0 Å². The smallest absolute Gasteiger partial charge is 0.00570 e. The van der Waals surface area contributed by atoms with Crippen molar-refractivity contribution in [3.63, 3.8) is 0 Å². The van der Waals surface area contributed by atoms with Crippen molar-refractivity contribution in [2.75, 3.05) is 0 Å². The first-order valence-electron chi connectivity index (χ1n) is 12.7. The van der Waals surface area contributed by atoms with Crippen LogP contribution in [0, 0.1) is 29.1 Å². The molecule has 0 aliphatic heterocycles. The lowest BCUT2D eigenvalue weighted by Crippen LogP contribution is -2.35. The first-order valence-corrected chi connectivity index (χ1v) is 12.7. The van der Waals surface area contributed by atoms with Crippen LogP contribution in [-0.4, -0.2) is 0 Å². The van der Waals surface area contributed by atoms with E-state index in [1.54, 1.807) is 5.57 Å². The van der Waals surface area contributed by atoms with Crippen LogP contribution in [0.15, 0.2) is 59.8 Å². The molecular formula is C30H48. The van der Waals surface area contributed by atoms with Crippen LogP contribution in [-0.2, 0) is 0 Å². The second-order valence-electron chi connectivity index (χ2n) is 10.2. The quantitative estimate of drug-likeness (QED) is 0.397. The molecule has 0 radical (unpaired) electrons. The Morgan fingerprint density at radius 3 is 2.37 bits per heavy atom. The second-order valence-corrected chi connectivity index (χ2v) is 10.2. The summed E-state index contributed by atoms with van der Waals surface area (Å²) in [5, 5.41) is 0. The monoisotopic (exact) mass is 408 g/mol. The van der Waals surface area contributed by atoms with Gasteiger partial charge in [0.25, 0.3) is 0 Å². The predicted molar refractivity (Wildman–Crippen MR) is 136 cm³/mol. The molecule has 0 bridgehead atoms. The van der Waals surface area contributed by atoms with Gasteiger partial charge in [-0.2, -0.15) is 0 Å². The van der Waals surface area contributed by atoms with Crippen molar-refractivity contribution in [3.8, 4) is 0 Å². The molecule has 3 aliphatic carbocycles. The largest absolute Gasteiger partial charge is 0.0996 e. The average molecular weight is 409 g/mol. The molecule has 5 atom stereocenters. The minimum atomic E-state index is 0.475. The van der Waals surface area contributed by atoms with Crippen LogP contribution in [0.4, 0.5) is 0 Å². The summed E-state index contributed by atoms with van der Waals surface area (Å²) in [6, 6.07) is 0. The third kappa shape index (κ3) is 5.68. The molecule has 0 saturated heterocycles. The molecule has 0 spiro atoms. The summed E-state index contributed by atoms with van der Waals surface area (Å²) in [6.45, 7) is 21.9. The van der Waals surface area contributed by atoms with Crippen molar-refractivity contribution in [3.05, 3.63) is 59.8 Å². The fourth-order valence-electron chi connectivity index (χ4n) is 6.18. The fourth-order valence-corrected chi connectivity index (χ4v) is 6.18. The third-order valence-corrected chi connectivity index (χ3v) is 8.28. The second kappa shape index (κ2) is 11.4. The van der Waals surface area contributed by atoms with Gasteiger partial charge in [0, 0.05) is 0 Å². The Labute approximate surface area is 188 Å². The summed E-state index contributed by atoms with van der Waals surface area (Å²) in [5.74, 6) is 2.75. The molecule has 0 N–H and O–H groups in total. The molecule has 3 aliphatic rings. The van der Waals surface area contributed by atoms with Gasteiger partial charge in [-0.05, 0) is 99.4 Å². The summed E-state index contributed by atoms with van der Waals surface area (Å²) in [4.78, 5) is 0. The molecule has 0 aromatic heterocycles. The summed E-state index contributed by atoms with van der Waals surface area (Å²) in [7, 11) is 0. The molecule has 0 nitrogen and oxygen atoms in total. The van der Waals surface area contributed by atoms with Gasteiger partial charge in [-0.1, -0.05) is 88.8 Å². The van der Waals surface area contributed by atoms with Crippen molar-refractivity contribution >= 4 is 0 Å². The van der Waals surface area contributed by atoms with E-state index in [9.17, 15) is 0 Å². The molecule has 30 heavy (non-hydrogen) atoms. The van der Waals surface area contributed by atoms with Gasteiger partial charge in [0.2, 0.25) is 0 Å². The van der Waals surface area contributed by atoms with Crippen LogP contribution in [0.2, 0.25) is 0 Å². The number of hydrogen-bond donors (Lipinski definition) is 0. The topological polar surface area (TPSA) is 0 Å². The Hall–Kier alpha value is -1.30. The zero-order valence-electron chi connectivity index (χ0n) is 20.9. The highest BCUT2D eigenvalue weighted by Crippen LogP contribution is 2.59. The summed E-state index contributed by atoms with van der Waals surface area (Å²) in [5.41, 5.74) is 6.37. The Bertz CT molecular complexity index is 685. The average Bonchev–Trinajstić information content (AvgIpc) is 3.10. The molecule has 0 aromatic carbocycles. The van der Waals surface area contributed by atoms with E-state index in [4.69, 9.17) is 0 Å². The van der Waals surface area contributed by atoms with Gasteiger partial charge in [-0.15, -0.1) is 0 Å². The van der Waals surface area contributed by atoms with E-state index >= 15 is 0 Å². The predicted octanol–water partition coefficient (Wildman–Crippen LogP) is 9.62. The van der Waals surface area contributed by atoms with Crippen LogP contribution in [0.1, 0.15) is 99.3 Å². The Balaban J connectivity index is 0.00000155. The van der Waals surface area contributed by atoms with Gasteiger partial charge in [0.1, 0.15) is 0 Å². The SMILES string of the molecule is C=C1CCCC/C1=C/C=C1\CCC[C@]2(C)C([C@H](C)/C=C/[C@H](C)C(=C)C)CC[C@@H]12.CC. The number of allylic oxidation sites excluding steroid dienone is 8. The lowest BCUT2D eigenvalue weighted by molar-refractivity contribution is 0.112. The molecule has 0 heterocycles. The zero-order chi connectivity index (χ0) is 22.3. The fraction of sp³-hybridized carbons (Fsp3) is 0.667. The number of fused-ring (bicyclic) bond motifs is 1. The summed E-state index contributed by atoms with van der Waals surface area (Å²) < 4.78 is 0. The molecule has 168 valence electrons. The maximum atomic E-state index is 4.31. The van der Waals surface area contributed by atoms with E-state index in [-0.39, 0.29) is 0 Å². The van der Waals surface area contributed by atoms with E-state index in [1.165, 1.54) is 74.5 Å². The van der Waals surface area contributed by atoms with Gasteiger partial charge in [-0.25, -0.2) is 0 Å². The summed E-state index contributed by atoms with van der Waals surface area (Å²) in [6.07, 6.45) is 21.8. The standard InChI is InChI=1S/C28H42.C2H6/c1-20(2)21(3)13-14-23(5)26-17-18-27-25(12-9-19-28(26,27)6)16-15-24-11-8-7-10-22(24)4;1-2/h13-16,21,23,26-27H,1,4,7-12,17-19H2,2-3,5-6H3;1-2H3/b14-13+,24-15-,25-16+;/t21-,23+,26?,27-,28+;/m0./s1. The Morgan fingerprint density at radius 2 is 1.70 bits per heavy atom. The number of hydrogen-bond acceptors (Lipinski definition) is 0. The van der Waals surface area contributed by atoms with Crippen LogP contribution in [0.3, 0.4) is 0 Å². The minimum absolute atomic E-state index is 0.475. The van der Waals surface area contributed by atoms with Gasteiger partial charge < -0.3 is 0 Å². The van der Waals surface area contributed by atoms with E-state index in [0.29, 0.717) is 17.3 Å². The van der Waals surface area contributed by atoms with Crippen molar-refractivity contribution in [1.29, 1.82) is 0 Å². The Morgan fingerprint density at radius 1 is 1.00 bits per heavy atom. The number of rotatable bonds is 5. The normalized spacial score (nSPS) is 33.9. The van der Waals surface area contributed by atoms with Gasteiger partial charge in [0.05, 0.1) is 0 Å². The maximum Gasteiger partial charge on any atom is -0.00570 e. The van der Waals surface area contributed by atoms with E-state index < -0.39 is 0 Å². The lowest BCUT2D eigenvalue weighted by Gasteiger charge is -2.44. The van der Waals surface area contributed by atoms with Crippen LogP contribution >= 0.6 is 0 Å². The van der Waals surface area contributed by atoms with Crippen LogP contribution < -0.4 is 0 Å². The van der Waals surface area contributed by atoms with Crippen molar-refractivity contribution in [2.45, 2.75) is 99.3 Å². The van der Waals surface area contributed by atoms with Gasteiger partial charge in [0.15, 0.2) is 0 Å². The van der Waals surface area contributed by atoms with E-state index in [1.807, 2.05) is 13.8 Å². The molecule has 0 amide bonds. The molecule has 3 saturated carbocycles. The van der Waals surface area contributed by atoms with Crippen LogP contribution in [0.25, 0.3) is 0 Å². The van der Waals surface area contributed by atoms with Gasteiger partial charge in [-0.3, -0.25) is 0 Å². The summed E-state index contributed by atoms with van der Waals surface area (Å²) >= 11 is 0. The zero-order valence-corrected chi connectivity index (χ0v) is 20.9. The highest BCUT2D eigenvalue weighted by molar-refractivity contribution is 5.35. The van der Waals surface area contributed by atoms with Gasteiger partial charge >= 0.3 is 0 Å². The highest BCUT2D eigenvalue weighted by Gasteiger charge is 2.50. The minimum Gasteiger partial charge on any atom is -0.0996 e. The molecule has 3 fully saturated rings. The maximum absolute atomic E-state index is 4.31. The Kier molecular flexibility index (Phi) is 9.45. The third-order valence-electron chi connectivity index (χ3n) is 8.28. The van der Waals surface area contributed by atoms with E-state index in [0.717, 1.165) is 11.8 Å². The van der Waals surface area contributed by atoms with Crippen molar-refractivity contribution < 1.29 is 0 Å². The highest BCUT2D eigenvalue weighted by atomic mass is 14.5. The lowest BCUT2D eigenvalue weighted by atomic mass is 9.61. The van der Waals surface area contributed by atoms with Crippen molar-refractivity contribution in [2.24, 2.45) is 29.1 Å². The molecular weight excluding hydrogens is 360 g/mol. The molecule has 1 unspecified atom stereocenters. The molecule has 3 rings (SSSR count).